The van der Waals surface area contributed by atoms with E-state index in [1.165, 1.54) is 0 Å². The molecule has 0 radical (unpaired) electrons. The highest BCUT2D eigenvalue weighted by molar-refractivity contribution is 6.07. The number of nitrogens with zero attached hydrogens (tertiary/aromatic N) is 4. The van der Waals surface area contributed by atoms with Gasteiger partial charge in [-0.2, -0.15) is 9.98 Å². The van der Waals surface area contributed by atoms with Gasteiger partial charge >= 0.3 is 0 Å². The van der Waals surface area contributed by atoms with E-state index in [4.69, 9.17) is 22.9 Å². The minimum atomic E-state index is -0.296. The average Bonchev–Trinajstić information content (AvgIpc) is 3.02. The molecule has 226 valence electrons. The first-order valence-electron chi connectivity index (χ1n) is 14.3. The summed E-state index contributed by atoms with van der Waals surface area (Å²) in [6, 6.07) is 21.2. The number of hydrogen-bond donors (Lipinski definition) is 6. The summed E-state index contributed by atoms with van der Waals surface area (Å²) in [6.07, 6.45) is 0. The molecule has 0 saturated carbocycles. The van der Waals surface area contributed by atoms with E-state index in [9.17, 15) is 9.59 Å². The van der Waals surface area contributed by atoms with Crippen LogP contribution in [0.1, 0.15) is 45.7 Å². The number of guanidine groups is 2. The van der Waals surface area contributed by atoms with Crippen LogP contribution in [0, 0.1) is 0 Å². The first-order chi connectivity index (χ1) is 21.2. The molecule has 2 aliphatic rings. The maximum atomic E-state index is 12.9. The van der Waals surface area contributed by atoms with Crippen molar-refractivity contribution in [1.29, 1.82) is 0 Å². The van der Waals surface area contributed by atoms with Gasteiger partial charge in [-0.05, 0) is 73.5 Å². The van der Waals surface area contributed by atoms with E-state index in [1.54, 1.807) is 48.5 Å². The summed E-state index contributed by atoms with van der Waals surface area (Å²) < 4.78 is 0. The summed E-state index contributed by atoms with van der Waals surface area (Å²) >= 11 is 0. The second-order valence-electron chi connectivity index (χ2n) is 10.3. The molecule has 0 spiro atoms. The number of carbonyl (C=O) groups is 2. The Morgan fingerprint density at radius 2 is 0.955 bits per heavy atom. The maximum absolute atomic E-state index is 12.9. The Balaban J connectivity index is 1.19. The van der Waals surface area contributed by atoms with Gasteiger partial charge in [0.15, 0.2) is 11.9 Å². The zero-order valence-electron chi connectivity index (χ0n) is 24.7. The van der Waals surface area contributed by atoms with Gasteiger partial charge in [0.25, 0.3) is 11.8 Å². The molecule has 44 heavy (non-hydrogen) atoms. The Kier molecular flexibility index (Phi) is 8.51. The first kappa shape index (κ1) is 29.7. The predicted molar refractivity (Wildman–Crippen MR) is 175 cm³/mol. The number of nitrogens with two attached hydrogens (primary N) is 4. The van der Waals surface area contributed by atoms with Gasteiger partial charge in [-0.15, -0.1) is 0 Å². The third-order valence-electron chi connectivity index (χ3n) is 7.59. The molecule has 10 N–H and O–H groups in total. The zero-order valence-corrected chi connectivity index (χ0v) is 24.7. The van der Waals surface area contributed by atoms with Gasteiger partial charge in [0, 0.05) is 59.8 Å². The predicted octanol–water partition coefficient (Wildman–Crippen LogP) is 2.75. The van der Waals surface area contributed by atoms with Crippen LogP contribution in [0.15, 0.2) is 94.4 Å². The Morgan fingerprint density at radius 1 is 0.614 bits per heavy atom. The summed E-state index contributed by atoms with van der Waals surface area (Å²) in [4.78, 5) is 38.1. The summed E-state index contributed by atoms with van der Waals surface area (Å²) in [6.45, 7) is 6.55. The Hall–Kier alpha value is -5.78. The highest BCUT2D eigenvalue weighted by Crippen LogP contribution is 2.25. The van der Waals surface area contributed by atoms with Gasteiger partial charge in [-0.1, -0.05) is 24.3 Å². The summed E-state index contributed by atoms with van der Waals surface area (Å²) in [5.41, 5.74) is 29.7. The SMILES string of the molecule is CCN1CC(c2ccc(NC(=O)c3ccc(C(=O)Nc4ccc(C5=C(N)N=C(N)N(CC)C5)cc4)cc3)cc2)=C(N)N=C1N. The highest BCUT2D eigenvalue weighted by Gasteiger charge is 2.20. The van der Waals surface area contributed by atoms with Gasteiger partial charge in [0.05, 0.1) is 0 Å². The fraction of sp³-hybridized carbons (Fsp3) is 0.188. The smallest absolute Gasteiger partial charge is 0.255 e. The second kappa shape index (κ2) is 12.6. The highest BCUT2D eigenvalue weighted by atomic mass is 16.2. The van der Waals surface area contributed by atoms with E-state index in [-0.39, 0.29) is 11.8 Å². The largest absolute Gasteiger partial charge is 0.383 e. The number of anilines is 2. The van der Waals surface area contributed by atoms with Crippen molar-refractivity contribution in [3.05, 3.63) is 107 Å². The van der Waals surface area contributed by atoms with Crippen LogP contribution >= 0.6 is 0 Å². The molecule has 12 nitrogen and oxygen atoms in total. The quantitative estimate of drug-likeness (QED) is 0.230. The maximum Gasteiger partial charge on any atom is 0.255 e. The minimum Gasteiger partial charge on any atom is -0.383 e. The minimum absolute atomic E-state index is 0.296. The van der Waals surface area contributed by atoms with E-state index in [2.05, 4.69) is 20.6 Å². The lowest BCUT2D eigenvalue weighted by molar-refractivity contribution is 0.101. The molecule has 12 heteroatoms. The molecular formula is C32H36N10O2. The number of nitrogens with one attached hydrogen (secondary N) is 2. The molecule has 0 fully saturated rings. The number of likely N-dealkylation sites (N-methyl/N-ethyl adjacent to an activating group) is 2. The van der Waals surface area contributed by atoms with Crippen LogP contribution in [0.5, 0.6) is 0 Å². The van der Waals surface area contributed by atoms with Crippen LogP contribution in [-0.4, -0.2) is 59.7 Å². The Bertz CT molecular complexity index is 1560. The van der Waals surface area contributed by atoms with Crippen LogP contribution in [-0.2, 0) is 0 Å². The normalized spacial score (nSPS) is 15.1. The van der Waals surface area contributed by atoms with Crippen molar-refractivity contribution in [3.63, 3.8) is 0 Å². The van der Waals surface area contributed by atoms with Crippen LogP contribution in [0.2, 0.25) is 0 Å². The molecule has 2 amide bonds. The average molecular weight is 593 g/mol. The molecule has 3 aromatic carbocycles. The molecule has 0 aliphatic carbocycles. The van der Waals surface area contributed by atoms with E-state index in [1.807, 2.05) is 47.9 Å². The van der Waals surface area contributed by atoms with Crippen molar-refractivity contribution in [3.8, 4) is 0 Å². The van der Waals surface area contributed by atoms with Gasteiger partial charge in [0.1, 0.15) is 11.6 Å². The van der Waals surface area contributed by atoms with Gasteiger partial charge in [-0.3, -0.25) is 9.59 Å². The molecule has 5 rings (SSSR count). The van der Waals surface area contributed by atoms with Gasteiger partial charge in [0.2, 0.25) is 0 Å². The number of amides is 2. The molecule has 0 bridgehead atoms. The molecule has 0 atom stereocenters. The van der Waals surface area contributed by atoms with E-state index in [0.717, 1.165) is 22.3 Å². The van der Waals surface area contributed by atoms with Gasteiger partial charge < -0.3 is 43.4 Å². The molecular weight excluding hydrogens is 556 g/mol. The Labute approximate surface area is 255 Å². The van der Waals surface area contributed by atoms with E-state index < -0.39 is 0 Å². The van der Waals surface area contributed by atoms with Crippen molar-refractivity contribution < 1.29 is 9.59 Å². The zero-order chi connectivity index (χ0) is 31.4. The van der Waals surface area contributed by atoms with Gasteiger partial charge in [-0.25, -0.2) is 0 Å². The summed E-state index contributed by atoms with van der Waals surface area (Å²) in [5, 5.41) is 5.77. The van der Waals surface area contributed by atoms with Crippen LogP contribution < -0.4 is 33.6 Å². The van der Waals surface area contributed by atoms with Crippen molar-refractivity contribution in [2.75, 3.05) is 36.8 Å². The lowest BCUT2D eigenvalue weighted by Crippen LogP contribution is -2.41. The number of aliphatic imine (C=N–C) groups is 2. The van der Waals surface area contributed by atoms with Crippen molar-refractivity contribution in [2.45, 2.75) is 13.8 Å². The molecule has 0 aromatic heterocycles. The number of rotatable bonds is 8. The topological polar surface area (TPSA) is 193 Å². The van der Waals surface area contributed by atoms with Crippen LogP contribution in [0.25, 0.3) is 11.1 Å². The lowest BCUT2D eigenvalue weighted by atomic mass is 10.0. The molecule has 0 saturated heterocycles. The fourth-order valence-corrected chi connectivity index (χ4v) is 4.94. The fourth-order valence-electron chi connectivity index (χ4n) is 4.94. The standard InChI is InChI=1S/C32H36N10O2/c1-3-41-17-25(27(33)39-31(41)35)19-9-13-23(14-10-19)37-29(43)21-5-7-22(8-6-21)30(44)38-24-15-11-20(12-16-24)26-18-42(4-2)32(36)40-28(26)34/h5-16H,3-4,17-18,33-34H2,1-2H3,(H2,35,39)(H2,36,40)(H,37,43)(H,38,44). The van der Waals surface area contributed by atoms with Crippen LogP contribution in [0.3, 0.4) is 0 Å². The molecule has 3 aromatic rings. The molecule has 0 unspecified atom stereocenters. The number of hydrogen-bond acceptors (Lipinski definition) is 10. The third kappa shape index (κ3) is 6.33. The number of carbonyl (C=O) groups excluding carboxylic acids is 2. The molecule has 2 aliphatic heterocycles. The summed E-state index contributed by atoms with van der Waals surface area (Å²) in [7, 11) is 0. The van der Waals surface area contributed by atoms with Crippen molar-refractivity contribution >= 4 is 46.3 Å². The van der Waals surface area contributed by atoms with Crippen molar-refractivity contribution in [2.24, 2.45) is 32.9 Å². The monoisotopic (exact) mass is 592 g/mol. The van der Waals surface area contributed by atoms with Crippen molar-refractivity contribution in [1.82, 2.24) is 9.80 Å². The third-order valence-corrected chi connectivity index (χ3v) is 7.59. The lowest BCUT2D eigenvalue weighted by Gasteiger charge is -2.27. The Morgan fingerprint density at radius 3 is 1.27 bits per heavy atom. The van der Waals surface area contributed by atoms with Crippen LogP contribution in [0.4, 0.5) is 11.4 Å². The summed E-state index contributed by atoms with van der Waals surface area (Å²) in [5.74, 6) is 0.986. The molecule has 2 heterocycles. The number of benzene rings is 3. The first-order valence-corrected chi connectivity index (χ1v) is 14.3. The van der Waals surface area contributed by atoms with E-state index >= 15 is 0 Å². The second-order valence-corrected chi connectivity index (χ2v) is 10.3. The van der Waals surface area contributed by atoms with E-state index in [0.29, 0.717) is 72.2 Å².